The van der Waals surface area contributed by atoms with Crippen LogP contribution < -0.4 is 10.2 Å². The fourth-order valence-corrected chi connectivity index (χ4v) is 3.13. The predicted molar refractivity (Wildman–Crippen MR) is 99.5 cm³/mol. The first-order valence-corrected chi connectivity index (χ1v) is 8.71. The van der Waals surface area contributed by atoms with Crippen LogP contribution in [0.1, 0.15) is 12.0 Å². The van der Waals surface area contributed by atoms with Crippen molar-refractivity contribution in [1.82, 2.24) is 4.90 Å². The molecule has 1 amide bonds. The molecular weight excluding hydrogens is 317 g/mol. The summed E-state index contributed by atoms with van der Waals surface area (Å²) in [5.74, 6) is -0.0574. The second-order valence-electron chi connectivity index (χ2n) is 6.37. The average molecular weight is 341 g/mol. The Balaban J connectivity index is 1.45. The van der Waals surface area contributed by atoms with Gasteiger partial charge in [0.1, 0.15) is 5.82 Å². The lowest BCUT2D eigenvalue weighted by molar-refractivity contribution is -0.131. The highest BCUT2D eigenvalue weighted by Crippen LogP contribution is 2.20. The van der Waals surface area contributed by atoms with Crippen LogP contribution in [0, 0.1) is 12.7 Å². The number of carbonyl (C=O) groups excluding carboxylic acids is 1. The van der Waals surface area contributed by atoms with Crippen LogP contribution in [0.5, 0.6) is 0 Å². The van der Waals surface area contributed by atoms with Gasteiger partial charge in [-0.25, -0.2) is 4.39 Å². The number of nitrogens with zero attached hydrogens (tertiary/aromatic N) is 2. The first-order valence-electron chi connectivity index (χ1n) is 8.71. The summed E-state index contributed by atoms with van der Waals surface area (Å²) in [6.45, 7) is 5.27. The Kier molecular flexibility index (Phi) is 5.53. The van der Waals surface area contributed by atoms with Crippen LogP contribution in [0.15, 0.2) is 48.5 Å². The van der Waals surface area contributed by atoms with Crippen LogP contribution in [0.4, 0.5) is 15.8 Å². The summed E-state index contributed by atoms with van der Waals surface area (Å²) >= 11 is 0. The van der Waals surface area contributed by atoms with E-state index in [0.29, 0.717) is 44.8 Å². The maximum atomic E-state index is 13.9. The molecule has 0 unspecified atom stereocenters. The van der Waals surface area contributed by atoms with Crippen LogP contribution in [0.2, 0.25) is 0 Å². The van der Waals surface area contributed by atoms with Gasteiger partial charge >= 0.3 is 0 Å². The zero-order valence-corrected chi connectivity index (χ0v) is 14.5. The number of piperazine rings is 1. The molecule has 0 aromatic heterocycles. The summed E-state index contributed by atoms with van der Waals surface area (Å²) in [6, 6.07) is 14.9. The molecule has 2 aromatic rings. The Labute approximate surface area is 148 Å². The maximum absolute atomic E-state index is 13.9. The SMILES string of the molecule is Cc1cccc(NCCC(=O)N2CCN(c3ccccc3F)CC2)c1. The van der Waals surface area contributed by atoms with Gasteiger partial charge < -0.3 is 15.1 Å². The van der Waals surface area contributed by atoms with Gasteiger partial charge in [-0.15, -0.1) is 0 Å². The van der Waals surface area contributed by atoms with Gasteiger partial charge in [0, 0.05) is 44.8 Å². The van der Waals surface area contributed by atoms with E-state index in [1.807, 2.05) is 41.0 Å². The molecule has 0 atom stereocenters. The number of para-hydroxylation sites is 1. The first kappa shape index (κ1) is 17.3. The topological polar surface area (TPSA) is 35.6 Å². The van der Waals surface area contributed by atoms with Crippen molar-refractivity contribution in [2.24, 2.45) is 0 Å². The summed E-state index contributed by atoms with van der Waals surface area (Å²) in [6.07, 6.45) is 0.466. The van der Waals surface area contributed by atoms with Gasteiger partial charge in [-0.3, -0.25) is 4.79 Å². The lowest BCUT2D eigenvalue weighted by atomic mass is 10.2. The Bertz CT molecular complexity index is 726. The normalized spacial score (nSPS) is 14.5. The van der Waals surface area contributed by atoms with Crippen molar-refractivity contribution in [3.05, 3.63) is 59.9 Å². The molecule has 1 heterocycles. The molecule has 1 N–H and O–H groups in total. The summed E-state index contributed by atoms with van der Waals surface area (Å²) in [4.78, 5) is 16.2. The quantitative estimate of drug-likeness (QED) is 0.906. The molecule has 0 bridgehead atoms. The molecule has 5 heteroatoms. The fraction of sp³-hybridized carbons (Fsp3) is 0.350. The van der Waals surface area contributed by atoms with Crippen molar-refractivity contribution >= 4 is 17.3 Å². The zero-order valence-electron chi connectivity index (χ0n) is 14.5. The average Bonchev–Trinajstić information content (AvgIpc) is 2.62. The van der Waals surface area contributed by atoms with Crippen molar-refractivity contribution in [1.29, 1.82) is 0 Å². The second kappa shape index (κ2) is 8.01. The molecule has 1 fully saturated rings. The number of anilines is 2. The minimum absolute atomic E-state index is 0.147. The number of hydrogen-bond acceptors (Lipinski definition) is 3. The minimum atomic E-state index is -0.204. The predicted octanol–water partition coefficient (Wildman–Crippen LogP) is 3.28. The number of nitrogens with one attached hydrogen (secondary N) is 1. The van der Waals surface area contributed by atoms with E-state index in [1.54, 1.807) is 12.1 Å². The van der Waals surface area contributed by atoms with Crippen LogP contribution in [-0.4, -0.2) is 43.5 Å². The van der Waals surface area contributed by atoms with Crippen molar-refractivity contribution in [2.45, 2.75) is 13.3 Å². The molecule has 0 spiro atoms. The number of amides is 1. The highest BCUT2D eigenvalue weighted by Gasteiger charge is 2.22. The molecule has 1 aliphatic heterocycles. The molecule has 0 radical (unpaired) electrons. The number of rotatable bonds is 5. The number of aryl methyl sites for hydroxylation is 1. The minimum Gasteiger partial charge on any atom is -0.385 e. The molecule has 2 aromatic carbocycles. The van der Waals surface area contributed by atoms with Crippen LogP contribution in [0.3, 0.4) is 0 Å². The van der Waals surface area contributed by atoms with E-state index in [9.17, 15) is 9.18 Å². The van der Waals surface area contributed by atoms with Crippen molar-refractivity contribution in [3.63, 3.8) is 0 Å². The molecule has 1 aliphatic rings. The van der Waals surface area contributed by atoms with Gasteiger partial charge in [-0.1, -0.05) is 24.3 Å². The fourth-order valence-electron chi connectivity index (χ4n) is 3.13. The lowest BCUT2D eigenvalue weighted by Crippen LogP contribution is -2.49. The van der Waals surface area contributed by atoms with Crippen molar-refractivity contribution in [3.8, 4) is 0 Å². The highest BCUT2D eigenvalue weighted by molar-refractivity contribution is 5.77. The van der Waals surface area contributed by atoms with Crippen LogP contribution in [-0.2, 0) is 4.79 Å². The van der Waals surface area contributed by atoms with Crippen LogP contribution in [0.25, 0.3) is 0 Å². The Morgan fingerprint density at radius 2 is 1.84 bits per heavy atom. The third-order valence-electron chi connectivity index (χ3n) is 4.51. The van der Waals surface area contributed by atoms with E-state index in [-0.39, 0.29) is 11.7 Å². The number of benzene rings is 2. The van der Waals surface area contributed by atoms with Gasteiger partial charge in [-0.05, 0) is 36.8 Å². The van der Waals surface area contributed by atoms with Crippen molar-refractivity contribution < 1.29 is 9.18 Å². The second-order valence-corrected chi connectivity index (χ2v) is 6.37. The van der Waals surface area contributed by atoms with Crippen molar-refractivity contribution in [2.75, 3.05) is 42.9 Å². The molecule has 0 saturated carbocycles. The lowest BCUT2D eigenvalue weighted by Gasteiger charge is -2.36. The highest BCUT2D eigenvalue weighted by atomic mass is 19.1. The monoisotopic (exact) mass is 341 g/mol. The Morgan fingerprint density at radius 1 is 1.08 bits per heavy atom. The van der Waals surface area contributed by atoms with Gasteiger partial charge in [-0.2, -0.15) is 0 Å². The van der Waals surface area contributed by atoms with E-state index in [2.05, 4.69) is 11.4 Å². The molecule has 1 saturated heterocycles. The van der Waals surface area contributed by atoms with E-state index >= 15 is 0 Å². The molecule has 25 heavy (non-hydrogen) atoms. The largest absolute Gasteiger partial charge is 0.385 e. The third kappa shape index (κ3) is 4.50. The number of halogens is 1. The molecule has 3 rings (SSSR count). The summed E-state index contributed by atoms with van der Waals surface area (Å²) in [5.41, 5.74) is 2.86. The molecule has 0 aliphatic carbocycles. The number of hydrogen-bond donors (Lipinski definition) is 1. The standard InChI is InChI=1S/C20H24FN3O/c1-16-5-4-6-17(15-16)22-10-9-20(25)24-13-11-23(12-14-24)19-8-3-2-7-18(19)21/h2-8,15,22H,9-14H2,1H3. The molecule has 4 nitrogen and oxygen atoms in total. The van der Waals surface area contributed by atoms with Gasteiger partial charge in [0.15, 0.2) is 0 Å². The zero-order chi connectivity index (χ0) is 17.6. The first-order chi connectivity index (χ1) is 12.1. The van der Waals surface area contributed by atoms with Crippen LogP contribution >= 0.6 is 0 Å². The van der Waals surface area contributed by atoms with Gasteiger partial charge in [0.2, 0.25) is 5.91 Å². The number of carbonyl (C=O) groups is 1. The Hall–Kier alpha value is -2.56. The van der Waals surface area contributed by atoms with E-state index in [4.69, 9.17) is 0 Å². The summed E-state index contributed by atoms with van der Waals surface area (Å²) in [5, 5.41) is 3.29. The third-order valence-corrected chi connectivity index (χ3v) is 4.51. The smallest absolute Gasteiger partial charge is 0.224 e. The molecular formula is C20H24FN3O. The summed E-state index contributed by atoms with van der Waals surface area (Å²) < 4.78 is 13.9. The van der Waals surface area contributed by atoms with E-state index in [0.717, 1.165) is 5.69 Å². The Morgan fingerprint density at radius 3 is 2.56 bits per heavy atom. The molecule has 132 valence electrons. The van der Waals surface area contributed by atoms with E-state index in [1.165, 1.54) is 11.6 Å². The van der Waals surface area contributed by atoms with E-state index < -0.39 is 0 Å². The maximum Gasteiger partial charge on any atom is 0.224 e. The van der Waals surface area contributed by atoms with Gasteiger partial charge in [0.25, 0.3) is 0 Å². The summed E-state index contributed by atoms with van der Waals surface area (Å²) in [7, 11) is 0. The van der Waals surface area contributed by atoms with Gasteiger partial charge in [0.05, 0.1) is 5.69 Å².